The highest BCUT2D eigenvalue weighted by Crippen LogP contribution is 2.16. The molecule has 0 saturated carbocycles. The van der Waals surface area contributed by atoms with Crippen molar-refractivity contribution in [2.75, 3.05) is 6.61 Å². The van der Waals surface area contributed by atoms with Gasteiger partial charge < -0.3 is 9.47 Å². The van der Waals surface area contributed by atoms with Crippen LogP contribution in [0.4, 0.5) is 0 Å². The first-order valence-corrected chi connectivity index (χ1v) is 9.59. The van der Waals surface area contributed by atoms with E-state index in [9.17, 15) is 9.59 Å². The molecule has 0 aliphatic carbocycles. The van der Waals surface area contributed by atoms with E-state index in [1.165, 1.54) is 0 Å². The van der Waals surface area contributed by atoms with Gasteiger partial charge in [0.2, 0.25) is 0 Å². The first-order chi connectivity index (χ1) is 13.3. The number of halogens is 1. The number of hydrogen-bond acceptors (Lipinski definition) is 5. The highest BCUT2D eigenvalue weighted by atomic mass is 79.9. The first kappa shape index (κ1) is 21.6. The Morgan fingerprint density at radius 1 is 1.07 bits per heavy atom. The lowest BCUT2D eigenvalue weighted by atomic mass is 10.2. The monoisotopic (exact) mass is 465 g/mol. The van der Waals surface area contributed by atoms with Gasteiger partial charge in [-0.25, -0.2) is 0 Å². The van der Waals surface area contributed by atoms with Crippen molar-refractivity contribution in [2.45, 2.75) is 20.0 Å². The smallest absolute Gasteiger partial charge is 0.276 e. The number of carbonyl (C=O) groups excluding carboxylic acids is 2. The summed E-state index contributed by atoms with van der Waals surface area (Å²) in [6.07, 6.45) is -0.00380. The average Bonchev–Trinajstić information content (AvgIpc) is 2.65. The van der Waals surface area contributed by atoms with E-state index in [2.05, 4.69) is 32.1 Å². The maximum Gasteiger partial charge on any atom is 0.276 e. The number of ether oxygens (including phenoxy) is 2. The van der Waals surface area contributed by atoms with E-state index < -0.39 is 11.8 Å². The third kappa shape index (κ3) is 7.53. The van der Waals surface area contributed by atoms with Gasteiger partial charge in [0.05, 0.1) is 6.10 Å². The zero-order valence-electron chi connectivity index (χ0n) is 15.3. The number of amides is 2. The molecule has 0 atom stereocenters. The Morgan fingerprint density at radius 2 is 1.79 bits per heavy atom. The minimum absolute atomic E-state index is 0.00380. The van der Waals surface area contributed by atoms with Crippen molar-refractivity contribution in [3.63, 3.8) is 0 Å². The lowest BCUT2D eigenvalue weighted by molar-refractivity contribution is -0.123. The summed E-state index contributed by atoms with van der Waals surface area (Å²) in [4.78, 5) is 24.0. The maximum atomic E-state index is 12.2. The summed E-state index contributed by atoms with van der Waals surface area (Å²) < 4.78 is 11.8. The number of carbonyl (C=O) groups is 2. The molecule has 0 aliphatic heterocycles. The molecule has 2 aromatic carbocycles. The Morgan fingerprint density at radius 3 is 2.46 bits per heavy atom. The molecule has 0 fully saturated rings. The van der Waals surface area contributed by atoms with Crippen LogP contribution in [0.1, 0.15) is 24.2 Å². The van der Waals surface area contributed by atoms with Gasteiger partial charge in [-0.15, -0.1) is 0 Å². The van der Waals surface area contributed by atoms with E-state index in [-0.39, 0.29) is 17.8 Å². The van der Waals surface area contributed by atoms with Gasteiger partial charge in [-0.1, -0.05) is 22.0 Å². The lowest BCUT2D eigenvalue weighted by Gasteiger charge is -2.13. The van der Waals surface area contributed by atoms with Crippen LogP contribution in [0, 0.1) is 0 Å². The van der Waals surface area contributed by atoms with Gasteiger partial charge in [0.25, 0.3) is 11.8 Å². The van der Waals surface area contributed by atoms with Crippen LogP contribution >= 0.6 is 28.1 Å². The highest BCUT2D eigenvalue weighted by Gasteiger charge is 2.10. The van der Waals surface area contributed by atoms with Crippen LogP contribution in [-0.4, -0.2) is 29.6 Å². The lowest BCUT2D eigenvalue weighted by Crippen LogP contribution is -2.49. The Balaban J connectivity index is 1.76. The van der Waals surface area contributed by atoms with Crippen molar-refractivity contribution in [2.24, 2.45) is 0 Å². The summed E-state index contributed by atoms with van der Waals surface area (Å²) >= 11 is 8.32. The summed E-state index contributed by atoms with van der Waals surface area (Å²) in [7, 11) is 0. The van der Waals surface area contributed by atoms with Crippen molar-refractivity contribution in [3.8, 4) is 11.5 Å². The van der Waals surface area contributed by atoms with E-state index in [1.807, 2.05) is 13.8 Å². The molecular weight excluding hydrogens is 446 g/mol. The van der Waals surface area contributed by atoms with Crippen molar-refractivity contribution < 1.29 is 19.1 Å². The van der Waals surface area contributed by atoms with Gasteiger partial charge in [0.15, 0.2) is 11.7 Å². The third-order valence-corrected chi connectivity index (χ3v) is 3.93. The molecule has 2 aromatic rings. The molecule has 7 nitrogen and oxygen atoms in total. The van der Waals surface area contributed by atoms with E-state index in [1.54, 1.807) is 48.5 Å². The second kappa shape index (κ2) is 10.6. The van der Waals surface area contributed by atoms with Gasteiger partial charge in [0, 0.05) is 10.0 Å². The number of rotatable bonds is 6. The molecule has 0 aromatic heterocycles. The number of thiocarbonyl (C=S) groups is 1. The Labute approximate surface area is 176 Å². The van der Waals surface area contributed by atoms with Crippen LogP contribution in [0.5, 0.6) is 11.5 Å². The van der Waals surface area contributed by atoms with Crippen LogP contribution in [-0.2, 0) is 4.79 Å². The molecule has 0 spiro atoms. The normalized spacial score (nSPS) is 10.1. The number of benzene rings is 2. The molecule has 0 heterocycles. The maximum absolute atomic E-state index is 12.2. The largest absolute Gasteiger partial charge is 0.491 e. The van der Waals surface area contributed by atoms with Crippen molar-refractivity contribution >= 4 is 45.1 Å². The van der Waals surface area contributed by atoms with Gasteiger partial charge in [-0.2, -0.15) is 0 Å². The second-order valence-corrected chi connectivity index (χ2v) is 7.22. The highest BCUT2D eigenvalue weighted by molar-refractivity contribution is 9.10. The minimum atomic E-state index is -0.452. The predicted octanol–water partition coefficient (Wildman–Crippen LogP) is 2.95. The predicted molar refractivity (Wildman–Crippen MR) is 113 cm³/mol. The molecule has 28 heavy (non-hydrogen) atoms. The summed E-state index contributed by atoms with van der Waals surface area (Å²) in [5.41, 5.74) is 5.19. The topological polar surface area (TPSA) is 88.7 Å². The molecule has 2 amide bonds. The van der Waals surface area contributed by atoms with Crippen LogP contribution in [0.25, 0.3) is 0 Å². The summed E-state index contributed by atoms with van der Waals surface area (Å²) in [6.45, 7) is 3.59. The summed E-state index contributed by atoms with van der Waals surface area (Å²) in [5, 5.41) is 2.43. The number of hydrazine groups is 1. The molecule has 0 bridgehead atoms. The standard InChI is InChI=1S/C19H20BrN3O4S/c1-12(2)27-16-5-3-4-13(10-16)18(25)21-19(28)23-22-17(24)11-26-15-8-6-14(20)7-9-15/h3-10,12H,11H2,1-2H3,(H,22,24)(H2,21,23,25,28). The Hall–Kier alpha value is -2.65. The van der Waals surface area contributed by atoms with Crippen molar-refractivity contribution in [1.82, 2.24) is 16.2 Å². The third-order valence-electron chi connectivity index (χ3n) is 3.19. The van der Waals surface area contributed by atoms with Crippen LogP contribution in [0.2, 0.25) is 0 Å². The molecule has 0 saturated heterocycles. The van der Waals surface area contributed by atoms with Crippen LogP contribution in [0.3, 0.4) is 0 Å². The van der Waals surface area contributed by atoms with Gasteiger partial charge in [0.1, 0.15) is 11.5 Å². The second-order valence-electron chi connectivity index (χ2n) is 5.89. The molecule has 3 N–H and O–H groups in total. The fourth-order valence-electron chi connectivity index (χ4n) is 2.03. The van der Waals surface area contributed by atoms with Gasteiger partial charge in [-0.3, -0.25) is 25.8 Å². The fraction of sp³-hybridized carbons (Fsp3) is 0.211. The zero-order valence-corrected chi connectivity index (χ0v) is 17.7. The van der Waals surface area contributed by atoms with E-state index in [4.69, 9.17) is 21.7 Å². The fourth-order valence-corrected chi connectivity index (χ4v) is 2.44. The molecule has 0 radical (unpaired) electrons. The minimum Gasteiger partial charge on any atom is -0.491 e. The van der Waals surface area contributed by atoms with Crippen LogP contribution in [0.15, 0.2) is 53.0 Å². The molecular formula is C19H20BrN3O4S. The Bertz CT molecular complexity index is 843. The van der Waals surface area contributed by atoms with Crippen molar-refractivity contribution in [1.29, 1.82) is 0 Å². The molecule has 0 unspecified atom stereocenters. The summed E-state index contributed by atoms with van der Waals surface area (Å²) in [5.74, 6) is 0.261. The molecule has 148 valence electrons. The quantitative estimate of drug-likeness (QED) is 0.448. The SMILES string of the molecule is CC(C)Oc1cccc(C(=O)NC(=S)NNC(=O)COc2ccc(Br)cc2)c1. The zero-order chi connectivity index (χ0) is 20.5. The van der Waals surface area contributed by atoms with E-state index in [0.717, 1.165) is 4.47 Å². The molecule has 2 rings (SSSR count). The Kier molecular flexibility index (Phi) is 8.21. The van der Waals surface area contributed by atoms with E-state index in [0.29, 0.717) is 17.1 Å². The summed E-state index contributed by atoms with van der Waals surface area (Å²) in [6, 6.07) is 13.8. The number of nitrogens with one attached hydrogen (secondary N) is 3. The van der Waals surface area contributed by atoms with Gasteiger partial charge >= 0.3 is 0 Å². The molecule has 9 heteroatoms. The van der Waals surface area contributed by atoms with Gasteiger partial charge in [-0.05, 0) is 68.5 Å². The van der Waals surface area contributed by atoms with Crippen LogP contribution < -0.4 is 25.6 Å². The van der Waals surface area contributed by atoms with Crippen molar-refractivity contribution in [3.05, 3.63) is 58.6 Å². The first-order valence-electron chi connectivity index (χ1n) is 8.38. The van der Waals surface area contributed by atoms with E-state index >= 15 is 0 Å². The number of hydrogen-bond donors (Lipinski definition) is 3. The molecule has 0 aliphatic rings. The average molecular weight is 466 g/mol.